The number of para-hydroxylation sites is 1. The lowest BCUT2D eigenvalue weighted by Gasteiger charge is -2.36. The highest BCUT2D eigenvalue weighted by Crippen LogP contribution is 2.15. The van der Waals surface area contributed by atoms with Crippen molar-refractivity contribution in [3.05, 3.63) is 30.3 Å². The zero-order valence-electron chi connectivity index (χ0n) is 9.96. The van der Waals surface area contributed by atoms with Crippen molar-refractivity contribution < 1.29 is 10.2 Å². The van der Waals surface area contributed by atoms with E-state index in [0.29, 0.717) is 6.54 Å². The Kier molecular flexibility index (Phi) is 4.36. The number of anilines is 1. The molecule has 1 aromatic carbocycles. The molecule has 1 heterocycles. The first-order valence-electron chi connectivity index (χ1n) is 6.08. The summed E-state index contributed by atoms with van der Waals surface area (Å²) in [6.07, 6.45) is -0.724. The number of aliphatic hydroxyl groups is 1. The van der Waals surface area contributed by atoms with Crippen molar-refractivity contribution in [2.24, 2.45) is 0 Å². The second-order valence-electron chi connectivity index (χ2n) is 4.44. The smallest absolute Gasteiger partial charge is 0.109 e. The lowest BCUT2D eigenvalue weighted by molar-refractivity contribution is 0.0286. The molecule has 1 aromatic rings. The molecule has 1 unspecified atom stereocenters. The van der Waals surface area contributed by atoms with Crippen LogP contribution in [0.3, 0.4) is 0 Å². The fourth-order valence-electron chi connectivity index (χ4n) is 2.18. The van der Waals surface area contributed by atoms with E-state index in [9.17, 15) is 10.2 Å². The van der Waals surface area contributed by atoms with Gasteiger partial charge in [-0.3, -0.25) is 4.90 Å². The average molecular weight is 235 g/mol. The van der Waals surface area contributed by atoms with Gasteiger partial charge in [-0.15, -0.1) is 0 Å². The SMILES string of the molecule is [O]CC(O)CN1CCN(c2ccccc2)CC1. The van der Waals surface area contributed by atoms with Crippen LogP contribution in [0.15, 0.2) is 30.3 Å². The van der Waals surface area contributed by atoms with Gasteiger partial charge in [-0.05, 0) is 12.1 Å². The van der Waals surface area contributed by atoms with Crippen LogP contribution in [0.5, 0.6) is 0 Å². The summed E-state index contributed by atoms with van der Waals surface area (Å²) in [5.74, 6) is 0. The van der Waals surface area contributed by atoms with Gasteiger partial charge >= 0.3 is 0 Å². The van der Waals surface area contributed by atoms with Crippen molar-refractivity contribution in [3.63, 3.8) is 0 Å². The molecule has 2 rings (SSSR count). The normalized spacial score (nSPS) is 19.3. The van der Waals surface area contributed by atoms with Crippen LogP contribution in [0.2, 0.25) is 0 Å². The molecule has 1 fully saturated rings. The monoisotopic (exact) mass is 235 g/mol. The standard InChI is InChI=1S/C13H19N2O2/c16-11-13(17)10-14-6-8-15(9-7-14)12-4-2-1-3-5-12/h1-5,13,17H,6-11H2. The van der Waals surface area contributed by atoms with E-state index in [1.165, 1.54) is 5.69 Å². The van der Waals surface area contributed by atoms with Crippen LogP contribution in [0.1, 0.15) is 0 Å². The Labute approximate surface area is 102 Å². The van der Waals surface area contributed by atoms with Gasteiger partial charge in [-0.1, -0.05) is 18.2 Å². The summed E-state index contributed by atoms with van der Waals surface area (Å²) in [7, 11) is 0. The summed E-state index contributed by atoms with van der Waals surface area (Å²) in [4.78, 5) is 4.49. The van der Waals surface area contributed by atoms with E-state index in [4.69, 9.17) is 0 Å². The van der Waals surface area contributed by atoms with Gasteiger partial charge in [-0.2, -0.15) is 0 Å². The van der Waals surface area contributed by atoms with Crippen molar-refractivity contribution in [1.82, 2.24) is 4.90 Å². The van der Waals surface area contributed by atoms with Crippen molar-refractivity contribution in [3.8, 4) is 0 Å². The quantitative estimate of drug-likeness (QED) is 0.831. The van der Waals surface area contributed by atoms with Gasteiger partial charge < -0.3 is 10.0 Å². The molecule has 4 nitrogen and oxygen atoms in total. The predicted octanol–water partition coefficient (Wildman–Crippen LogP) is 0.600. The molecule has 93 valence electrons. The fourth-order valence-corrected chi connectivity index (χ4v) is 2.18. The molecule has 1 aliphatic heterocycles. The average Bonchev–Trinajstić information content (AvgIpc) is 2.40. The van der Waals surface area contributed by atoms with Crippen LogP contribution >= 0.6 is 0 Å². The van der Waals surface area contributed by atoms with Gasteiger partial charge in [0.15, 0.2) is 0 Å². The van der Waals surface area contributed by atoms with E-state index >= 15 is 0 Å². The van der Waals surface area contributed by atoms with E-state index in [-0.39, 0.29) is 0 Å². The first kappa shape index (κ1) is 12.4. The van der Waals surface area contributed by atoms with Gasteiger partial charge in [0.05, 0.1) is 6.10 Å². The third-order valence-corrected chi connectivity index (χ3v) is 3.15. The number of benzene rings is 1. The number of hydrogen-bond acceptors (Lipinski definition) is 3. The number of hydrogen-bond donors (Lipinski definition) is 1. The first-order chi connectivity index (χ1) is 8.29. The van der Waals surface area contributed by atoms with Crippen molar-refractivity contribution in [2.45, 2.75) is 6.10 Å². The molecule has 17 heavy (non-hydrogen) atoms. The Bertz CT molecular complexity index is 323. The maximum atomic E-state index is 10.5. The van der Waals surface area contributed by atoms with Gasteiger partial charge in [0.2, 0.25) is 0 Å². The summed E-state index contributed by atoms with van der Waals surface area (Å²) in [6, 6.07) is 10.3. The van der Waals surface area contributed by atoms with Crippen LogP contribution in [0.25, 0.3) is 0 Å². The third-order valence-electron chi connectivity index (χ3n) is 3.15. The Morgan fingerprint density at radius 1 is 1.12 bits per heavy atom. The summed E-state index contributed by atoms with van der Waals surface area (Å²) >= 11 is 0. The predicted molar refractivity (Wildman–Crippen MR) is 66.7 cm³/mol. The largest absolute Gasteiger partial charge is 0.389 e. The molecule has 1 N–H and O–H groups in total. The van der Waals surface area contributed by atoms with Crippen LogP contribution in [0, 0.1) is 0 Å². The second kappa shape index (κ2) is 6.00. The van der Waals surface area contributed by atoms with Gasteiger partial charge in [-0.25, -0.2) is 5.11 Å². The summed E-state index contributed by atoms with van der Waals surface area (Å²) < 4.78 is 0. The Balaban J connectivity index is 1.82. The van der Waals surface area contributed by atoms with E-state index < -0.39 is 12.7 Å². The van der Waals surface area contributed by atoms with Crippen LogP contribution in [-0.4, -0.2) is 55.4 Å². The summed E-state index contributed by atoms with van der Waals surface area (Å²) in [5.41, 5.74) is 1.25. The molecule has 1 atom stereocenters. The number of β-amino-alcohol motifs (C(OH)–C–C–N with tert-alkyl or cyclic N) is 1. The Morgan fingerprint density at radius 2 is 1.76 bits per heavy atom. The topological polar surface area (TPSA) is 46.6 Å². The number of aliphatic hydroxyl groups excluding tert-OH is 1. The molecule has 1 radical (unpaired) electrons. The van der Waals surface area contributed by atoms with Gasteiger partial charge in [0.1, 0.15) is 6.61 Å². The zero-order chi connectivity index (χ0) is 12.1. The maximum absolute atomic E-state index is 10.5. The molecule has 0 spiro atoms. The molecule has 0 amide bonds. The van der Waals surface area contributed by atoms with Crippen molar-refractivity contribution in [1.29, 1.82) is 0 Å². The Morgan fingerprint density at radius 3 is 2.35 bits per heavy atom. The van der Waals surface area contributed by atoms with Crippen molar-refractivity contribution in [2.75, 3.05) is 44.2 Å². The van der Waals surface area contributed by atoms with E-state index in [0.717, 1.165) is 26.2 Å². The van der Waals surface area contributed by atoms with Gasteiger partial charge in [0, 0.05) is 38.4 Å². The van der Waals surface area contributed by atoms with Crippen molar-refractivity contribution >= 4 is 5.69 Å². The van der Waals surface area contributed by atoms with E-state index in [1.54, 1.807) is 0 Å². The van der Waals surface area contributed by atoms with E-state index in [1.807, 2.05) is 18.2 Å². The third kappa shape index (κ3) is 3.43. The highest BCUT2D eigenvalue weighted by Gasteiger charge is 2.18. The number of piperazine rings is 1. The minimum atomic E-state index is -0.724. The number of nitrogens with zero attached hydrogens (tertiary/aromatic N) is 2. The van der Waals surface area contributed by atoms with Crippen LogP contribution in [0.4, 0.5) is 5.69 Å². The number of rotatable bonds is 4. The Hall–Kier alpha value is -1.10. The minimum absolute atomic E-state index is 0.404. The molecule has 0 bridgehead atoms. The van der Waals surface area contributed by atoms with E-state index in [2.05, 4.69) is 21.9 Å². The molecular formula is C13H19N2O2. The van der Waals surface area contributed by atoms with Crippen LogP contribution in [-0.2, 0) is 5.11 Å². The molecule has 0 saturated carbocycles. The first-order valence-corrected chi connectivity index (χ1v) is 6.08. The minimum Gasteiger partial charge on any atom is -0.389 e. The highest BCUT2D eigenvalue weighted by atomic mass is 16.3. The molecular weight excluding hydrogens is 216 g/mol. The lowest BCUT2D eigenvalue weighted by Crippen LogP contribution is -2.49. The highest BCUT2D eigenvalue weighted by molar-refractivity contribution is 5.46. The fraction of sp³-hybridized carbons (Fsp3) is 0.538. The summed E-state index contributed by atoms with van der Waals surface area (Å²) in [6.45, 7) is 3.83. The van der Waals surface area contributed by atoms with Gasteiger partial charge in [0.25, 0.3) is 0 Å². The second-order valence-corrected chi connectivity index (χ2v) is 4.44. The molecule has 1 aliphatic rings. The lowest BCUT2D eigenvalue weighted by atomic mass is 10.2. The molecule has 0 aromatic heterocycles. The molecule has 1 saturated heterocycles. The summed E-state index contributed by atoms with van der Waals surface area (Å²) in [5, 5.41) is 19.8. The zero-order valence-corrected chi connectivity index (χ0v) is 9.96. The molecule has 4 heteroatoms. The van der Waals surface area contributed by atoms with Crippen LogP contribution < -0.4 is 4.90 Å². The molecule has 0 aliphatic carbocycles. The maximum Gasteiger partial charge on any atom is 0.109 e.